The van der Waals surface area contributed by atoms with E-state index in [4.69, 9.17) is 10.00 Å². The van der Waals surface area contributed by atoms with Gasteiger partial charge in [-0.2, -0.15) is 5.26 Å². The van der Waals surface area contributed by atoms with Crippen LogP contribution in [0.2, 0.25) is 0 Å². The molecule has 2 aromatic carbocycles. The van der Waals surface area contributed by atoms with Gasteiger partial charge in [-0.15, -0.1) is 0 Å². The van der Waals surface area contributed by atoms with E-state index in [1.54, 1.807) is 55.6 Å². The molecule has 2 aromatic rings. The average Bonchev–Trinajstić information content (AvgIpc) is 2.65. The molecule has 1 atom stereocenters. The van der Waals surface area contributed by atoms with Crippen molar-refractivity contribution in [3.8, 4) is 11.8 Å². The minimum Gasteiger partial charge on any atom is -0.497 e. The van der Waals surface area contributed by atoms with Gasteiger partial charge in [-0.3, -0.25) is 9.59 Å². The van der Waals surface area contributed by atoms with Crippen LogP contribution in [-0.4, -0.2) is 25.0 Å². The number of methoxy groups -OCH3 is 1. The number of rotatable bonds is 6. The quantitative estimate of drug-likeness (QED) is 0.837. The summed E-state index contributed by atoms with van der Waals surface area (Å²) in [7, 11) is 1.55. The van der Waals surface area contributed by atoms with E-state index in [0.717, 1.165) is 0 Å². The van der Waals surface area contributed by atoms with Gasteiger partial charge in [-0.1, -0.05) is 19.9 Å². The average molecular weight is 351 g/mol. The molecule has 0 aliphatic heterocycles. The topological polar surface area (TPSA) is 91.2 Å². The fraction of sp³-hybridized carbons (Fsp3) is 0.250. The molecule has 0 unspecified atom stereocenters. The summed E-state index contributed by atoms with van der Waals surface area (Å²) in [6, 6.07) is 14.6. The Morgan fingerprint density at radius 3 is 2.38 bits per heavy atom. The monoisotopic (exact) mass is 351 g/mol. The first kappa shape index (κ1) is 19.0. The van der Waals surface area contributed by atoms with Crippen LogP contribution in [0.5, 0.6) is 5.75 Å². The van der Waals surface area contributed by atoms with Gasteiger partial charge in [0, 0.05) is 11.3 Å². The molecule has 6 heteroatoms. The molecule has 0 radical (unpaired) electrons. The lowest BCUT2D eigenvalue weighted by molar-refractivity contribution is -0.118. The molecule has 2 N–H and O–H groups in total. The Kier molecular flexibility index (Phi) is 6.34. The van der Waals surface area contributed by atoms with Crippen molar-refractivity contribution in [1.82, 2.24) is 5.32 Å². The van der Waals surface area contributed by atoms with Gasteiger partial charge in [0.05, 0.1) is 18.7 Å². The number of ether oxygens (including phenoxy) is 1. The molecule has 0 saturated carbocycles. The van der Waals surface area contributed by atoms with Crippen LogP contribution in [0.25, 0.3) is 0 Å². The molecule has 2 rings (SSSR count). The lowest BCUT2D eigenvalue weighted by Crippen LogP contribution is -2.47. The maximum Gasteiger partial charge on any atom is 0.251 e. The number of nitriles is 1. The third-order valence-corrected chi connectivity index (χ3v) is 3.85. The van der Waals surface area contributed by atoms with Crippen molar-refractivity contribution in [3.05, 3.63) is 59.7 Å². The Bertz CT molecular complexity index is 823. The first-order valence-electron chi connectivity index (χ1n) is 8.20. The van der Waals surface area contributed by atoms with E-state index in [0.29, 0.717) is 22.6 Å². The summed E-state index contributed by atoms with van der Waals surface area (Å²) in [6.45, 7) is 3.70. The van der Waals surface area contributed by atoms with Crippen LogP contribution in [-0.2, 0) is 4.79 Å². The van der Waals surface area contributed by atoms with Gasteiger partial charge >= 0.3 is 0 Å². The lowest BCUT2D eigenvalue weighted by Gasteiger charge is -2.22. The summed E-state index contributed by atoms with van der Waals surface area (Å²) in [6.07, 6.45) is 0. The predicted octanol–water partition coefficient (Wildman–Crippen LogP) is 2.96. The standard InChI is InChI=1S/C20H21N3O3/c1-13(2)18(20(25)22-16-6-4-5-14(11-16)12-21)23-19(24)15-7-9-17(26-3)10-8-15/h4-11,13,18H,1-3H3,(H,22,25)(H,23,24)/t18-/m1/s1. The number of anilines is 1. The molecule has 0 fully saturated rings. The first-order valence-corrected chi connectivity index (χ1v) is 8.20. The highest BCUT2D eigenvalue weighted by molar-refractivity contribution is 6.01. The number of carbonyl (C=O) groups excluding carboxylic acids is 2. The van der Waals surface area contributed by atoms with Crippen LogP contribution in [0, 0.1) is 17.2 Å². The van der Waals surface area contributed by atoms with E-state index in [-0.39, 0.29) is 17.7 Å². The molecule has 0 aliphatic carbocycles. The molecule has 2 amide bonds. The fourth-order valence-electron chi connectivity index (χ4n) is 2.39. The van der Waals surface area contributed by atoms with Gasteiger partial charge in [0.15, 0.2) is 0 Å². The van der Waals surface area contributed by atoms with Crippen LogP contribution in [0.4, 0.5) is 5.69 Å². The summed E-state index contributed by atoms with van der Waals surface area (Å²) < 4.78 is 5.07. The number of hydrogen-bond donors (Lipinski definition) is 2. The zero-order valence-corrected chi connectivity index (χ0v) is 14.9. The summed E-state index contributed by atoms with van der Waals surface area (Å²) in [5.41, 5.74) is 1.40. The van der Waals surface area contributed by atoms with E-state index in [1.807, 2.05) is 19.9 Å². The van der Waals surface area contributed by atoms with E-state index in [9.17, 15) is 9.59 Å². The zero-order chi connectivity index (χ0) is 19.1. The highest BCUT2D eigenvalue weighted by atomic mass is 16.5. The SMILES string of the molecule is COc1ccc(C(=O)N[C@@H](C(=O)Nc2cccc(C#N)c2)C(C)C)cc1. The second-order valence-electron chi connectivity index (χ2n) is 6.11. The Labute approximate surface area is 152 Å². The van der Waals surface area contributed by atoms with Crippen molar-refractivity contribution in [2.75, 3.05) is 12.4 Å². The minimum atomic E-state index is -0.713. The van der Waals surface area contributed by atoms with Crippen LogP contribution in [0.15, 0.2) is 48.5 Å². The van der Waals surface area contributed by atoms with Gasteiger partial charge in [0.25, 0.3) is 5.91 Å². The third-order valence-electron chi connectivity index (χ3n) is 3.85. The van der Waals surface area contributed by atoms with Crippen molar-refractivity contribution in [3.63, 3.8) is 0 Å². The predicted molar refractivity (Wildman–Crippen MR) is 98.9 cm³/mol. The molecular weight excluding hydrogens is 330 g/mol. The summed E-state index contributed by atoms with van der Waals surface area (Å²) in [5.74, 6) is -0.141. The number of carbonyl (C=O) groups is 2. The first-order chi connectivity index (χ1) is 12.4. The van der Waals surface area contributed by atoms with Gasteiger partial charge in [0.1, 0.15) is 11.8 Å². The maximum atomic E-state index is 12.6. The van der Waals surface area contributed by atoms with Gasteiger partial charge in [0.2, 0.25) is 5.91 Å². The molecule has 134 valence electrons. The van der Waals surface area contributed by atoms with Gasteiger partial charge < -0.3 is 15.4 Å². The van der Waals surface area contributed by atoms with Gasteiger partial charge in [-0.25, -0.2) is 0 Å². The van der Waals surface area contributed by atoms with E-state index in [1.165, 1.54) is 0 Å². The molecule has 0 heterocycles. The normalized spacial score (nSPS) is 11.3. The number of nitrogens with one attached hydrogen (secondary N) is 2. The lowest BCUT2D eigenvalue weighted by atomic mass is 10.0. The summed E-state index contributed by atoms with van der Waals surface area (Å²) in [5, 5.41) is 14.5. The fourth-order valence-corrected chi connectivity index (χ4v) is 2.39. The molecule has 0 aromatic heterocycles. The number of amides is 2. The van der Waals surface area contributed by atoms with Crippen LogP contribution in [0.3, 0.4) is 0 Å². The molecule has 0 saturated heterocycles. The Hall–Kier alpha value is -3.33. The van der Waals surface area contributed by atoms with Crippen LogP contribution < -0.4 is 15.4 Å². The minimum absolute atomic E-state index is 0.114. The molecule has 0 spiro atoms. The van der Waals surface area contributed by atoms with E-state index >= 15 is 0 Å². The van der Waals surface area contributed by atoms with E-state index in [2.05, 4.69) is 10.6 Å². The van der Waals surface area contributed by atoms with Crippen molar-refractivity contribution in [2.24, 2.45) is 5.92 Å². The molecular formula is C20H21N3O3. The maximum absolute atomic E-state index is 12.6. The second-order valence-corrected chi connectivity index (χ2v) is 6.11. The summed E-state index contributed by atoms with van der Waals surface area (Å²) >= 11 is 0. The van der Waals surface area contributed by atoms with Gasteiger partial charge in [-0.05, 0) is 48.4 Å². The van der Waals surface area contributed by atoms with Crippen LogP contribution in [0.1, 0.15) is 29.8 Å². The molecule has 26 heavy (non-hydrogen) atoms. The van der Waals surface area contributed by atoms with E-state index < -0.39 is 6.04 Å². The van der Waals surface area contributed by atoms with Crippen molar-refractivity contribution < 1.29 is 14.3 Å². The summed E-state index contributed by atoms with van der Waals surface area (Å²) in [4.78, 5) is 25.0. The smallest absolute Gasteiger partial charge is 0.251 e. The second kappa shape index (κ2) is 8.67. The highest BCUT2D eigenvalue weighted by Gasteiger charge is 2.24. The van der Waals surface area contributed by atoms with Crippen molar-refractivity contribution in [2.45, 2.75) is 19.9 Å². The Balaban J connectivity index is 2.10. The highest BCUT2D eigenvalue weighted by Crippen LogP contribution is 2.14. The molecule has 6 nitrogen and oxygen atoms in total. The Morgan fingerprint density at radius 1 is 1.12 bits per heavy atom. The van der Waals surface area contributed by atoms with Crippen LogP contribution >= 0.6 is 0 Å². The van der Waals surface area contributed by atoms with Crippen molar-refractivity contribution >= 4 is 17.5 Å². The van der Waals surface area contributed by atoms with Crippen molar-refractivity contribution in [1.29, 1.82) is 5.26 Å². The Morgan fingerprint density at radius 2 is 1.81 bits per heavy atom. The number of hydrogen-bond acceptors (Lipinski definition) is 4. The largest absolute Gasteiger partial charge is 0.497 e. The molecule has 0 bridgehead atoms. The third kappa shape index (κ3) is 4.84. The number of benzene rings is 2. The molecule has 0 aliphatic rings. The number of nitrogens with zero attached hydrogens (tertiary/aromatic N) is 1. The zero-order valence-electron chi connectivity index (χ0n) is 14.9.